The van der Waals surface area contributed by atoms with E-state index in [9.17, 15) is 4.79 Å². The molecule has 0 fully saturated rings. The van der Waals surface area contributed by atoms with E-state index in [1.54, 1.807) is 6.07 Å². The number of amides is 1. The first-order valence-electron chi connectivity index (χ1n) is 10.6. The van der Waals surface area contributed by atoms with E-state index in [1.807, 2.05) is 69.3 Å². The van der Waals surface area contributed by atoms with Crippen molar-refractivity contribution in [1.82, 2.24) is 20.3 Å². The molecule has 0 aliphatic carbocycles. The SMILES string of the molecule is CC(=O)NC(C)(C)c1ccc(Oc2nc3nc(-c4ccc(C(C)N)cc4)c(Cl)cc3[nH]2)cc1. The van der Waals surface area contributed by atoms with E-state index in [0.29, 0.717) is 33.6 Å². The second kappa shape index (κ2) is 8.84. The van der Waals surface area contributed by atoms with E-state index in [-0.39, 0.29) is 11.9 Å². The van der Waals surface area contributed by atoms with Crippen LogP contribution in [0.1, 0.15) is 44.9 Å². The fourth-order valence-corrected chi connectivity index (χ4v) is 3.92. The minimum Gasteiger partial charge on any atom is -0.426 e. The van der Waals surface area contributed by atoms with Gasteiger partial charge in [0.2, 0.25) is 5.91 Å². The average Bonchev–Trinajstić information content (AvgIpc) is 3.13. The van der Waals surface area contributed by atoms with Gasteiger partial charge in [-0.2, -0.15) is 4.98 Å². The monoisotopic (exact) mass is 463 g/mol. The van der Waals surface area contributed by atoms with Crippen LogP contribution in [0.4, 0.5) is 0 Å². The van der Waals surface area contributed by atoms with E-state index in [1.165, 1.54) is 6.92 Å². The molecule has 0 aliphatic heterocycles. The van der Waals surface area contributed by atoms with Gasteiger partial charge in [-0.3, -0.25) is 4.79 Å². The van der Waals surface area contributed by atoms with Crippen molar-refractivity contribution in [1.29, 1.82) is 0 Å². The Balaban J connectivity index is 1.57. The largest absolute Gasteiger partial charge is 0.426 e. The second-order valence-corrected chi connectivity index (χ2v) is 8.98. The lowest BCUT2D eigenvalue weighted by Gasteiger charge is -2.26. The number of imidazole rings is 1. The quantitative estimate of drug-likeness (QED) is 0.352. The number of carbonyl (C=O) groups excluding carboxylic acids is 1. The number of benzene rings is 2. The van der Waals surface area contributed by atoms with Crippen molar-refractivity contribution in [3.05, 3.63) is 70.7 Å². The van der Waals surface area contributed by atoms with Gasteiger partial charge >= 0.3 is 6.01 Å². The predicted octanol–water partition coefficient (Wildman–Crippen LogP) is 5.46. The molecule has 1 amide bonds. The molecule has 2 aromatic carbocycles. The molecule has 0 spiro atoms. The third-order valence-electron chi connectivity index (χ3n) is 5.39. The Morgan fingerprint density at radius 2 is 1.79 bits per heavy atom. The molecule has 2 aromatic heterocycles. The number of hydrogen-bond donors (Lipinski definition) is 3. The zero-order chi connectivity index (χ0) is 23.8. The van der Waals surface area contributed by atoms with Crippen molar-refractivity contribution in [2.45, 2.75) is 39.3 Å². The number of nitrogens with zero attached hydrogens (tertiary/aromatic N) is 2. The number of nitrogens with two attached hydrogens (primary N) is 1. The highest BCUT2D eigenvalue weighted by atomic mass is 35.5. The van der Waals surface area contributed by atoms with Gasteiger partial charge in [0.25, 0.3) is 0 Å². The second-order valence-electron chi connectivity index (χ2n) is 8.58. The average molecular weight is 464 g/mol. The van der Waals surface area contributed by atoms with Crippen LogP contribution in [0.2, 0.25) is 5.02 Å². The Bertz CT molecular complexity index is 1300. The number of ether oxygens (including phenoxy) is 1. The Hall–Kier alpha value is -3.42. The highest BCUT2D eigenvalue weighted by Crippen LogP contribution is 2.31. The molecule has 1 atom stereocenters. The Morgan fingerprint density at radius 3 is 2.39 bits per heavy atom. The number of carbonyl (C=O) groups is 1. The predicted molar refractivity (Wildman–Crippen MR) is 130 cm³/mol. The number of hydrogen-bond acceptors (Lipinski definition) is 5. The molecule has 7 nitrogen and oxygen atoms in total. The first-order valence-corrected chi connectivity index (χ1v) is 11.0. The molecule has 0 bridgehead atoms. The number of halogens is 1. The smallest absolute Gasteiger partial charge is 0.301 e. The Morgan fingerprint density at radius 1 is 1.12 bits per heavy atom. The lowest BCUT2D eigenvalue weighted by molar-refractivity contribution is -0.120. The van der Waals surface area contributed by atoms with Crippen LogP contribution < -0.4 is 15.8 Å². The van der Waals surface area contributed by atoms with Crippen LogP contribution in [0.15, 0.2) is 54.6 Å². The van der Waals surface area contributed by atoms with Crippen molar-refractivity contribution < 1.29 is 9.53 Å². The van der Waals surface area contributed by atoms with E-state index in [0.717, 1.165) is 16.7 Å². The van der Waals surface area contributed by atoms with E-state index >= 15 is 0 Å². The molecule has 170 valence electrons. The highest BCUT2D eigenvalue weighted by Gasteiger charge is 2.21. The molecule has 4 aromatic rings. The molecule has 33 heavy (non-hydrogen) atoms. The van der Waals surface area contributed by atoms with Crippen LogP contribution in [-0.2, 0) is 10.3 Å². The summed E-state index contributed by atoms with van der Waals surface area (Å²) in [6.07, 6.45) is 0. The Labute approximate surface area is 197 Å². The maximum atomic E-state index is 11.4. The summed E-state index contributed by atoms with van der Waals surface area (Å²) >= 11 is 6.50. The number of pyridine rings is 1. The van der Waals surface area contributed by atoms with Crippen molar-refractivity contribution >= 4 is 28.7 Å². The molecular weight excluding hydrogens is 438 g/mol. The number of rotatable bonds is 6. The lowest BCUT2D eigenvalue weighted by atomic mass is 9.94. The molecule has 8 heteroatoms. The summed E-state index contributed by atoms with van der Waals surface area (Å²) in [4.78, 5) is 23.6. The van der Waals surface area contributed by atoms with Crippen LogP contribution in [0.25, 0.3) is 22.4 Å². The summed E-state index contributed by atoms with van der Waals surface area (Å²) in [6.45, 7) is 7.33. The van der Waals surface area contributed by atoms with Crippen molar-refractivity contribution in [3.8, 4) is 23.0 Å². The van der Waals surface area contributed by atoms with Gasteiger partial charge in [0, 0.05) is 18.5 Å². The van der Waals surface area contributed by atoms with Crippen LogP contribution >= 0.6 is 11.6 Å². The number of H-pyrrole nitrogens is 1. The van der Waals surface area contributed by atoms with Gasteiger partial charge in [-0.05, 0) is 50.1 Å². The number of fused-ring (bicyclic) bond motifs is 1. The molecule has 0 aliphatic rings. The topological polar surface area (TPSA) is 106 Å². The summed E-state index contributed by atoms with van der Waals surface area (Å²) in [7, 11) is 0. The summed E-state index contributed by atoms with van der Waals surface area (Å²) in [5.74, 6) is 0.521. The van der Waals surface area contributed by atoms with E-state index < -0.39 is 5.54 Å². The molecule has 4 N–H and O–H groups in total. The van der Waals surface area contributed by atoms with Crippen LogP contribution in [0.3, 0.4) is 0 Å². The molecular formula is C25H26ClN5O2. The minimum absolute atomic E-state index is 0.0402. The minimum atomic E-state index is -0.485. The molecule has 0 saturated heterocycles. The van der Waals surface area contributed by atoms with Crippen LogP contribution in [-0.4, -0.2) is 20.9 Å². The molecule has 0 radical (unpaired) electrons. The maximum Gasteiger partial charge on any atom is 0.301 e. The van der Waals surface area contributed by atoms with Gasteiger partial charge in [0.15, 0.2) is 5.65 Å². The van der Waals surface area contributed by atoms with Gasteiger partial charge in [0.1, 0.15) is 5.75 Å². The van der Waals surface area contributed by atoms with Gasteiger partial charge in [-0.25, -0.2) is 4.98 Å². The normalized spacial score (nSPS) is 12.5. The first kappa shape index (κ1) is 22.8. The first-order chi connectivity index (χ1) is 15.6. The Kier molecular flexibility index (Phi) is 6.10. The van der Waals surface area contributed by atoms with Crippen molar-refractivity contribution in [2.75, 3.05) is 0 Å². The number of aromatic amines is 1. The zero-order valence-electron chi connectivity index (χ0n) is 18.9. The van der Waals surface area contributed by atoms with Gasteiger partial charge in [0.05, 0.1) is 21.8 Å². The third kappa shape index (κ3) is 4.99. The van der Waals surface area contributed by atoms with Crippen LogP contribution in [0, 0.1) is 0 Å². The molecule has 0 saturated carbocycles. The maximum absolute atomic E-state index is 11.4. The van der Waals surface area contributed by atoms with Gasteiger partial charge in [-0.1, -0.05) is 48.0 Å². The lowest BCUT2D eigenvalue weighted by Crippen LogP contribution is -2.39. The third-order valence-corrected chi connectivity index (χ3v) is 5.68. The van der Waals surface area contributed by atoms with Crippen molar-refractivity contribution in [2.24, 2.45) is 5.73 Å². The standard InChI is InChI=1S/C25H26ClN5O2/c1-14(27)16-5-7-17(8-6-16)22-20(26)13-21-23(29-22)30-24(28-21)33-19-11-9-18(10-12-19)25(3,4)31-15(2)32/h5-14H,27H2,1-4H3,(H,31,32)(H,28,29,30). The summed E-state index contributed by atoms with van der Waals surface area (Å²) in [5, 5.41) is 3.44. The summed E-state index contributed by atoms with van der Waals surface area (Å²) in [5.41, 5.74) is 10.2. The number of nitrogens with one attached hydrogen (secondary N) is 2. The zero-order valence-corrected chi connectivity index (χ0v) is 19.7. The summed E-state index contributed by atoms with van der Waals surface area (Å²) < 4.78 is 5.89. The van der Waals surface area contributed by atoms with Crippen molar-refractivity contribution in [3.63, 3.8) is 0 Å². The molecule has 4 rings (SSSR count). The fourth-order valence-electron chi connectivity index (χ4n) is 3.65. The van der Waals surface area contributed by atoms with Crippen LogP contribution in [0.5, 0.6) is 11.8 Å². The summed E-state index contributed by atoms with van der Waals surface area (Å²) in [6, 6.07) is 17.4. The fraction of sp³-hybridized carbons (Fsp3) is 0.240. The molecule has 2 heterocycles. The highest BCUT2D eigenvalue weighted by molar-refractivity contribution is 6.33. The van der Waals surface area contributed by atoms with E-state index in [4.69, 9.17) is 22.1 Å². The van der Waals surface area contributed by atoms with Gasteiger partial charge in [-0.15, -0.1) is 0 Å². The van der Waals surface area contributed by atoms with E-state index in [2.05, 4.69) is 20.3 Å². The molecule has 1 unspecified atom stereocenters. The van der Waals surface area contributed by atoms with Gasteiger partial charge < -0.3 is 20.8 Å². The number of aromatic nitrogens is 3.